The van der Waals surface area contributed by atoms with E-state index in [0.29, 0.717) is 0 Å². The molecule has 3 heteroatoms. The van der Waals surface area contributed by atoms with Crippen LogP contribution in [0.4, 0.5) is 0 Å². The van der Waals surface area contributed by atoms with Gasteiger partial charge in [0.25, 0.3) is 0 Å². The van der Waals surface area contributed by atoms with E-state index in [1.807, 2.05) is 6.92 Å². The number of nitrogens with zero attached hydrogens (tertiary/aromatic N) is 2. The molecule has 0 amide bonds. The van der Waals surface area contributed by atoms with Crippen molar-refractivity contribution in [2.24, 2.45) is 11.8 Å². The van der Waals surface area contributed by atoms with Crippen LogP contribution in [0.5, 0.6) is 0 Å². The van der Waals surface area contributed by atoms with Crippen LogP contribution in [0, 0.1) is 23.2 Å². The zero-order chi connectivity index (χ0) is 12.9. The third kappa shape index (κ3) is 4.65. The minimum absolute atomic E-state index is 0.362. The molecule has 1 fully saturated rings. The maximum Gasteiger partial charge on any atom is 0.105 e. The van der Waals surface area contributed by atoms with Crippen LogP contribution in [-0.4, -0.2) is 36.6 Å². The van der Waals surface area contributed by atoms with Gasteiger partial charge in [-0.15, -0.1) is 0 Å². The summed E-state index contributed by atoms with van der Waals surface area (Å²) in [5.41, 5.74) is -0.362. The summed E-state index contributed by atoms with van der Waals surface area (Å²) in [6.45, 7) is 13.0. The highest BCUT2D eigenvalue weighted by Crippen LogP contribution is 2.22. The van der Waals surface area contributed by atoms with Crippen molar-refractivity contribution in [1.82, 2.24) is 10.2 Å². The van der Waals surface area contributed by atoms with Crippen LogP contribution in [0.15, 0.2) is 0 Å². The Kier molecular flexibility index (Phi) is 5.42. The molecule has 0 aliphatic carbocycles. The maximum atomic E-state index is 9.22. The number of hydrogen-bond donors (Lipinski definition) is 1. The van der Waals surface area contributed by atoms with Gasteiger partial charge in [-0.05, 0) is 38.1 Å². The van der Waals surface area contributed by atoms with Crippen molar-refractivity contribution < 1.29 is 0 Å². The fourth-order valence-electron chi connectivity index (χ4n) is 2.93. The molecule has 0 saturated carbocycles. The number of piperidine rings is 1. The highest BCUT2D eigenvalue weighted by molar-refractivity contribution is 5.03. The van der Waals surface area contributed by atoms with Gasteiger partial charge >= 0.3 is 0 Å². The van der Waals surface area contributed by atoms with E-state index in [2.05, 4.69) is 37.1 Å². The van der Waals surface area contributed by atoms with E-state index in [0.717, 1.165) is 31.3 Å². The normalized spacial score (nSPS) is 29.6. The van der Waals surface area contributed by atoms with Gasteiger partial charge in [-0.25, -0.2) is 0 Å². The van der Waals surface area contributed by atoms with Gasteiger partial charge in [-0.2, -0.15) is 5.26 Å². The van der Waals surface area contributed by atoms with Crippen molar-refractivity contribution in [2.45, 2.75) is 46.1 Å². The first-order valence-corrected chi connectivity index (χ1v) is 6.87. The predicted molar refractivity (Wildman–Crippen MR) is 71.7 cm³/mol. The van der Waals surface area contributed by atoms with Crippen LogP contribution in [-0.2, 0) is 0 Å². The lowest BCUT2D eigenvalue weighted by molar-refractivity contribution is 0.132. The van der Waals surface area contributed by atoms with E-state index >= 15 is 0 Å². The van der Waals surface area contributed by atoms with E-state index in [-0.39, 0.29) is 5.54 Å². The van der Waals surface area contributed by atoms with Gasteiger partial charge in [0.2, 0.25) is 0 Å². The molecule has 3 nitrogen and oxygen atoms in total. The number of hydrogen-bond acceptors (Lipinski definition) is 3. The molecule has 1 heterocycles. The monoisotopic (exact) mass is 237 g/mol. The summed E-state index contributed by atoms with van der Waals surface area (Å²) in [4.78, 5) is 2.52. The number of likely N-dealkylation sites (tertiary alicyclic amines) is 1. The van der Waals surface area contributed by atoms with E-state index in [1.165, 1.54) is 19.5 Å². The minimum Gasteiger partial charge on any atom is -0.303 e. The summed E-state index contributed by atoms with van der Waals surface area (Å²) in [6, 6.07) is 2.40. The molecule has 1 N–H and O–H groups in total. The Labute approximate surface area is 106 Å². The van der Waals surface area contributed by atoms with Gasteiger partial charge in [0.05, 0.1) is 6.07 Å². The molecule has 0 aromatic carbocycles. The van der Waals surface area contributed by atoms with Crippen LogP contribution < -0.4 is 5.32 Å². The van der Waals surface area contributed by atoms with Crippen molar-refractivity contribution in [3.05, 3.63) is 0 Å². The van der Waals surface area contributed by atoms with E-state index in [4.69, 9.17) is 0 Å². The second kappa shape index (κ2) is 6.37. The molecule has 1 rings (SSSR count). The molecular weight excluding hydrogens is 210 g/mol. The summed E-state index contributed by atoms with van der Waals surface area (Å²) in [7, 11) is 0. The number of nitriles is 1. The molecule has 3 unspecified atom stereocenters. The Hall–Kier alpha value is -0.590. The first-order valence-electron chi connectivity index (χ1n) is 6.87. The molecule has 0 radical (unpaired) electrons. The topological polar surface area (TPSA) is 39.1 Å². The van der Waals surface area contributed by atoms with E-state index in [1.54, 1.807) is 0 Å². The number of nitrogens with one attached hydrogen (secondary N) is 1. The second-order valence-corrected chi connectivity index (χ2v) is 5.93. The highest BCUT2D eigenvalue weighted by Gasteiger charge is 2.26. The van der Waals surface area contributed by atoms with Crippen LogP contribution in [0.2, 0.25) is 0 Å². The zero-order valence-electron chi connectivity index (χ0n) is 11.8. The summed E-state index contributed by atoms with van der Waals surface area (Å²) in [5, 5.41) is 12.5. The lowest BCUT2D eigenvalue weighted by atomic mass is 9.91. The standard InChI is InChI=1S/C14H27N3/c1-5-16-14(4,11-15)6-7-17-9-12(2)8-13(3)10-17/h12-13,16H,5-10H2,1-4H3. The van der Waals surface area contributed by atoms with Crippen LogP contribution in [0.1, 0.15) is 40.5 Å². The molecule has 1 aliphatic rings. The maximum absolute atomic E-state index is 9.22. The Morgan fingerprint density at radius 3 is 2.41 bits per heavy atom. The predicted octanol–water partition coefficient (Wildman–Crippen LogP) is 2.25. The second-order valence-electron chi connectivity index (χ2n) is 5.93. The van der Waals surface area contributed by atoms with Gasteiger partial charge in [0.1, 0.15) is 5.54 Å². The van der Waals surface area contributed by atoms with E-state index < -0.39 is 0 Å². The van der Waals surface area contributed by atoms with Gasteiger partial charge in [-0.3, -0.25) is 5.32 Å². The third-order valence-electron chi connectivity index (χ3n) is 3.69. The third-order valence-corrected chi connectivity index (χ3v) is 3.69. The van der Waals surface area contributed by atoms with Gasteiger partial charge in [-0.1, -0.05) is 20.8 Å². The Balaban J connectivity index is 2.41. The molecule has 0 bridgehead atoms. The van der Waals surface area contributed by atoms with Crippen molar-refractivity contribution in [3.8, 4) is 6.07 Å². The highest BCUT2D eigenvalue weighted by atomic mass is 15.1. The Morgan fingerprint density at radius 2 is 1.94 bits per heavy atom. The first kappa shape index (κ1) is 14.5. The summed E-state index contributed by atoms with van der Waals surface area (Å²) in [6.07, 6.45) is 2.26. The smallest absolute Gasteiger partial charge is 0.105 e. The summed E-state index contributed by atoms with van der Waals surface area (Å²) in [5.74, 6) is 1.59. The average molecular weight is 237 g/mol. The fourth-order valence-corrected chi connectivity index (χ4v) is 2.93. The van der Waals surface area contributed by atoms with Crippen LogP contribution in [0.25, 0.3) is 0 Å². The van der Waals surface area contributed by atoms with Crippen LogP contribution in [0.3, 0.4) is 0 Å². The molecule has 98 valence electrons. The summed E-state index contributed by atoms with van der Waals surface area (Å²) >= 11 is 0. The Bertz CT molecular complexity index is 261. The SMILES string of the molecule is CCNC(C)(C#N)CCN1CC(C)CC(C)C1. The molecule has 17 heavy (non-hydrogen) atoms. The molecular formula is C14H27N3. The molecule has 1 aliphatic heterocycles. The molecule has 0 spiro atoms. The minimum atomic E-state index is -0.362. The molecule has 0 aromatic rings. The quantitative estimate of drug-likeness (QED) is 0.797. The lowest BCUT2D eigenvalue weighted by Gasteiger charge is -2.36. The summed E-state index contributed by atoms with van der Waals surface area (Å²) < 4.78 is 0. The van der Waals surface area contributed by atoms with E-state index in [9.17, 15) is 5.26 Å². The number of rotatable bonds is 5. The molecule has 0 aromatic heterocycles. The van der Waals surface area contributed by atoms with Gasteiger partial charge < -0.3 is 4.90 Å². The van der Waals surface area contributed by atoms with Crippen LogP contribution >= 0.6 is 0 Å². The zero-order valence-corrected chi connectivity index (χ0v) is 11.8. The van der Waals surface area contributed by atoms with Crippen molar-refractivity contribution in [2.75, 3.05) is 26.2 Å². The van der Waals surface area contributed by atoms with Gasteiger partial charge in [0.15, 0.2) is 0 Å². The van der Waals surface area contributed by atoms with Crippen molar-refractivity contribution in [3.63, 3.8) is 0 Å². The van der Waals surface area contributed by atoms with Crippen molar-refractivity contribution >= 4 is 0 Å². The lowest BCUT2D eigenvalue weighted by Crippen LogP contribution is -2.46. The fraction of sp³-hybridized carbons (Fsp3) is 0.929. The van der Waals surface area contributed by atoms with Crippen molar-refractivity contribution in [1.29, 1.82) is 5.26 Å². The molecule has 1 saturated heterocycles. The molecule has 3 atom stereocenters. The first-order chi connectivity index (χ1) is 7.99. The average Bonchev–Trinajstić information content (AvgIpc) is 2.26. The largest absolute Gasteiger partial charge is 0.303 e. The van der Waals surface area contributed by atoms with Gasteiger partial charge in [0, 0.05) is 19.6 Å². The Morgan fingerprint density at radius 1 is 1.35 bits per heavy atom.